The zero-order valence-corrected chi connectivity index (χ0v) is 9.30. The number of rotatable bonds is 7. The van der Waals surface area contributed by atoms with E-state index in [1.165, 1.54) is 0 Å². The van der Waals surface area contributed by atoms with Gasteiger partial charge in [0.05, 0.1) is 12.3 Å². The van der Waals surface area contributed by atoms with Crippen LogP contribution in [0.3, 0.4) is 0 Å². The van der Waals surface area contributed by atoms with E-state index in [-0.39, 0.29) is 18.6 Å². The number of nitrogens with two attached hydrogens (primary N) is 1. The van der Waals surface area contributed by atoms with Crippen LogP contribution in [0.4, 0.5) is 0 Å². The summed E-state index contributed by atoms with van der Waals surface area (Å²) in [6, 6.07) is 0. The van der Waals surface area contributed by atoms with Crippen LogP contribution < -0.4 is 5.73 Å². The Kier molecular flexibility index (Phi) is 6.29. The van der Waals surface area contributed by atoms with E-state index in [4.69, 9.17) is 15.2 Å². The highest BCUT2D eigenvalue weighted by Gasteiger charge is 2.27. The van der Waals surface area contributed by atoms with Crippen LogP contribution in [0, 0.1) is 0 Å². The van der Waals surface area contributed by atoms with Crippen molar-refractivity contribution in [2.24, 2.45) is 5.73 Å². The Morgan fingerprint density at radius 1 is 1.15 bits per heavy atom. The molecule has 3 nitrogen and oxygen atoms in total. The number of ether oxygens (including phenoxy) is 2. The summed E-state index contributed by atoms with van der Waals surface area (Å²) in [7, 11) is 0. The summed E-state index contributed by atoms with van der Waals surface area (Å²) in [5.74, 6) is 0. The molecule has 0 saturated heterocycles. The molecule has 2 N–H and O–H groups in total. The predicted molar refractivity (Wildman–Crippen MR) is 54.3 cm³/mol. The molecule has 0 radical (unpaired) electrons. The molecule has 1 atom stereocenters. The molecule has 13 heavy (non-hydrogen) atoms. The topological polar surface area (TPSA) is 44.5 Å². The summed E-state index contributed by atoms with van der Waals surface area (Å²) in [6.07, 6.45) is 2.83. The number of hydrogen-bond acceptors (Lipinski definition) is 3. The molecule has 0 bridgehead atoms. The fraction of sp³-hybridized carbons (Fsp3) is 1.00. The van der Waals surface area contributed by atoms with Gasteiger partial charge >= 0.3 is 0 Å². The van der Waals surface area contributed by atoms with Crippen molar-refractivity contribution < 1.29 is 9.47 Å². The van der Waals surface area contributed by atoms with Gasteiger partial charge in [-0.25, -0.2) is 0 Å². The van der Waals surface area contributed by atoms with Crippen molar-refractivity contribution in [3.05, 3.63) is 0 Å². The highest BCUT2D eigenvalue weighted by atomic mass is 16.7. The largest absolute Gasteiger partial charge is 0.346 e. The van der Waals surface area contributed by atoms with Crippen LogP contribution in [0.5, 0.6) is 0 Å². The predicted octanol–water partition coefficient (Wildman–Crippen LogP) is 2.25. The quantitative estimate of drug-likeness (QED) is 0.625. The second-order valence-electron chi connectivity index (χ2n) is 3.26. The fourth-order valence-electron chi connectivity index (χ4n) is 1.52. The van der Waals surface area contributed by atoms with Gasteiger partial charge < -0.3 is 15.2 Å². The first-order valence-corrected chi connectivity index (χ1v) is 5.13. The van der Waals surface area contributed by atoms with E-state index in [1.807, 2.05) is 6.92 Å². The maximum Gasteiger partial charge on any atom is 0.157 e. The van der Waals surface area contributed by atoms with Gasteiger partial charge in [-0.05, 0) is 26.2 Å². The van der Waals surface area contributed by atoms with Gasteiger partial charge in [-0.15, -0.1) is 0 Å². The standard InChI is InChI=1S/C10H23NO2/c1-5-10(6-2,7-3)13-9(4)12-8-11/h9H,5-8,11H2,1-4H3. The van der Waals surface area contributed by atoms with Crippen molar-refractivity contribution in [1.82, 2.24) is 0 Å². The third-order valence-electron chi connectivity index (χ3n) is 2.68. The molecule has 0 aromatic carbocycles. The highest BCUT2D eigenvalue weighted by Crippen LogP contribution is 2.26. The van der Waals surface area contributed by atoms with Gasteiger partial charge in [-0.1, -0.05) is 20.8 Å². The maximum absolute atomic E-state index is 5.82. The summed E-state index contributed by atoms with van der Waals surface area (Å²) in [5.41, 5.74) is 5.24. The highest BCUT2D eigenvalue weighted by molar-refractivity contribution is 4.75. The molecule has 0 aromatic rings. The normalized spacial score (nSPS) is 14.5. The third-order valence-corrected chi connectivity index (χ3v) is 2.68. The number of hydrogen-bond donors (Lipinski definition) is 1. The Bertz CT molecular complexity index is 116. The van der Waals surface area contributed by atoms with E-state index in [9.17, 15) is 0 Å². The van der Waals surface area contributed by atoms with Gasteiger partial charge in [-0.3, -0.25) is 0 Å². The summed E-state index contributed by atoms with van der Waals surface area (Å²) in [4.78, 5) is 0. The second-order valence-corrected chi connectivity index (χ2v) is 3.26. The van der Waals surface area contributed by atoms with Crippen molar-refractivity contribution >= 4 is 0 Å². The van der Waals surface area contributed by atoms with Crippen molar-refractivity contribution in [3.63, 3.8) is 0 Å². The lowest BCUT2D eigenvalue weighted by atomic mass is 9.94. The lowest BCUT2D eigenvalue weighted by Crippen LogP contribution is -2.35. The van der Waals surface area contributed by atoms with Crippen molar-refractivity contribution in [1.29, 1.82) is 0 Å². The van der Waals surface area contributed by atoms with Gasteiger partial charge in [0.25, 0.3) is 0 Å². The molecule has 0 aliphatic carbocycles. The van der Waals surface area contributed by atoms with Crippen LogP contribution in [-0.2, 0) is 9.47 Å². The van der Waals surface area contributed by atoms with Crippen LogP contribution in [0.25, 0.3) is 0 Å². The summed E-state index contributed by atoms with van der Waals surface area (Å²) >= 11 is 0. The van der Waals surface area contributed by atoms with Gasteiger partial charge in [0.15, 0.2) is 6.29 Å². The average Bonchev–Trinajstić information content (AvgIpc) is 2.15. The van der Waals surface area contributed by atoms with Gasteiger partial charge in [0, 0.05) is 0 Å². The van der Waals surface area contributed by atoms with E-state index < -0.39 is 0 Å². The van der Waals surface area contributed by atoms with Crippen molar-refractivity contribution in [2.75, 3.05) is 6.73 Å². The first kappa shape index (κ1) is 12.9. The first-order chi connectivity index (χ1) is 6.14. The molecule has 0 saturated carbocycles. The van der Waals surface area contributed by atoms with Crippen LogP contribution in [-0.4, -0.2) is 18.6 Å². The Morgan fingerprint density at radius 2 is 1.62 bits per heavy atom. The minimum absolute atomic E-state index is 0.0331. The van der Waals surface area contributed by atoms with Crippen LogP contribution in [0.15, 0.2) is 0 Å². The van der Waals surface area contributed by atoms with Crippen LogP contribution in [0.2, 0.25) is 0 Å². The molecule has 0 fully saturated rings. The molecule has 0 spiro atoms. The monoisotopic (exact) mass is 189 g/mol. The Morgan fingerprint density at radius 3 is 1.92 bits per heavy atom. The van der Waals surface area contributed by atoms with Gasteiger partial charge in [-0.2, -0.15) is 0 Å². The zero-order valence-electron chi connectivity index (χ0n) is 9.30. The van der Waals surface area contributed by atoms with E-state index in [2.05, 4.69) is 20.8 Å². The maximum atomic E-state index is 5.82. The van der Waals surface area contributed by atoms with Crippen molar-refractivity contribution in [2.45, 2.75) is 58.8 Å². The van der Waals surface area contributed by atoms with E-state index >= 15 is 0 Å². The first-order valence-electron chi connectivity index (χ1n) is 5.13. The summed E-state index contributed by atoms with van der Waals surface area (Å²) in [5, 5.41) is 0. The Labute approximate surface area is 81.6 Å². The molecular formula is C10H23NO2. The molecule has 0 rings (SSSR count). The van der Waals surface area contributed by atoms with E-state index in [1.54, 1.807) is 0 Å². The van der Waals surface area contributed by atoms with Crippen LogP contribution in [0.1, 0.15) is 47.0 Å². The molecule has 3 heteroatoms. The van der Waals surface area contributed by atoms with Gasteiger partial charge in [0.1, 0.15) is 0 Å². The summed E-state index contributed by atoms with van der Waals surface area (Å²) < 4.78 is 11.0. The SMILES string of the molecule is CCC(CC)(CC)OC(C)OCN. The van der Waals surface area contributed by atoms with Crippen molar-refractivity contribution in [3.8, 4) is 0 Å². The zero-order chi connectivity index (χ0) is 10.3. The van der Waals surface area contributed by atoms with Crippen LogP contribution >= 0.6 is 0 Å². The third kappa shape index (κ3) is 4.07. The molecule has 0 amide bonds. The van der Waals surface area contributed by atoms with E-state index in [0.717, 1.165) is 19.3 Å². The molecule has 0 heterocycles. The minimum atomic E-state index is -0.204. The molecule has 1 unspecified atom stereocenters. The Balaban J connectivity index is 4.07. The fourth-order valence-corrected chi connectivity index (χ4v) is 1.52. The van der Waals surface area contributed by atoms with E-state index in [0.29, 0.717) is 0 Å². The molecular weight excluding hydrogens is 166 g/mol. The second kappa shape index (κ2) is 6.35. The molecule has 0 aliphatic heterocycles. The molecule has 0 aromatic heterocycles. The molecule has 0 aliphatic rings. The lowest BCUT2D eigenvalue weighted by molar-refractivity contribution is -0.205. The molecule has 80 valence electrons. The smallest absolute Gasteiger partial charge is 0.157 e. The average molecular weight is 189 g/mol. The lowest BCUT2D eigenvalue weighted by Gasteiger charge is -2.33. The minimum Gasteiger partial charge on any atom is -0.346 e. The van der Waals surface area contributed by atoms with Gasteiger partial charge in [0.2, 0.25) is 0 Å². The Hall–Kier alpha value is -0.120. The summed E-state index contributed by atoms with van der Waals surface area (Å²) in [6.45, 7) is 8.53.